The second kappa shape index (κ2) is 5.22. The summed E-state index contributed by atoms with van der Waals surface area (Å²) in [5, 5.41) is 8.32. The molecule has 0 amide bonds. The third-order valence-corrected chi connectivity index (χ3v) is 2.30. The first-order chi connectivity index (χ1) is 8.94. The van der Waals surface area contributed by atoms with Gasteiger partial charge < -0.3 is 4.74 Å². The van der Waals surface area contributed by atoms with Crippen molar-refractivity contribution < 1.29 is 9.53 Å². The van der Waals surface area contributed by atoms with E-state index in [9.17, 15) is 4.79 Å². The molecule has 100 valence electrons. The first kappa shape index (κ1) is 13.3. The number of aromatic nitrogens is 3. The zero-order valence-corrected chi connectivity index (χ0v) is 11.3. The maximum Gasteiger partial charge on any atom is 0.330 e. The Hall–Kier alpha value is -2.17. The van der Waals surface area contributed by atoms with Crippen LogP contribution in [0.1, 0.15) is 20.8 Å². The van der Waals surface area contributed by atoms with E-state index in [1.54, 1.807) is 6.20 Å². The minimum absolute atomic E-state index is 0.0180. The molecular weight excluding hydrogens is 242 g/mol. The molecular formula is C14H17N3O2. The second-order valence-electron chi connectivity index (χ2n) is 5.21. The van der Waals surface area contributed by atoms with Crippen LogP contribution in [-0.4, -0.2) is 26.6 Å². The predicted octanol–water partition coefficient (Wildman–Crippen LogP) is 2.29. The fourth-order valence-electron chi connectivity index (χ4n) is 1.60. The van der Waals surface area contributed by atoms with Crippen molar-refractivity contribution in [3.05, 3.63) is 36.5 Å². The maximum absolute atomic E-state index is 11.7. The van der Waals surface area contributed by atoms with E-state index < -0.39 is 5.60 Å². The predicted molar refractivity (Wildman–Crippen MR) is 71.3 cm³/mol. The molecule has 1 aromatic heterocycles. The van der Waals surface area contributed by atoms with Gasteiger partial charge in [-0.05, 0) is 20.8 Å². The molecule has 0 N–H and O–H groups in total. The summed E-state index contributed by atoms with van der Waals surface area (Å²) < 4.78 is 5.22. The third-order valence-electron chi connectivity index (χ3n) is 2.30. The van der Waals surface area contributed by atoms with Crippen LogP contribution >= 0.6 is 0 Å². The molecule has 0 aliphatic rings. The number of esters is 1. The van der Waals surface area contributed by atoms with Gasteiger partial charge in [0.1, 0.15) is 11.3 Å². The summed E-state index contributed by atoms with van der Waals surface area (Å²) in [7, 11) is 0. The number of carbonyl (C=O) groups excluding carboxylic acids is 1. The van der Waals surface area contributed by atoms with Crippen molar-refractivity contribution >= 4 is 5.97 Å². The lowest BCUT2D eigenvalue weighted by molar-refractivity contribution is -0.156. The molecule has 19 heavy (non-hydrogen) atoms. The van der Waals surface area contributed by atoms with Crippen LogP contribution in [0.3, 0.4) is 0 Å². The summed E-state index contributed by atoms with van der Waals surface area (Å²) in [5.41, 5.74) is 1.22. The summed E-state index contributed by atoms with van der Waals surface area (Å²) >= 11 is 0. The van der Waals surface area contributed by atoms with Crippen LogP contribution in [0.2, 0.25) is 0 Å². The van der Waals surface area contributed by atoms with Gasteiger partial charge in [0.2, 0.25) is 0 Å². The first-order valence-corrected chi connectivity index (χ1v) is 6.11. The number of nitrogens with zero attached hydrogens (tertiary/aromatic N) is 3. The van der Waals surface area contributed by atoms with Gasteiger partial charge in [-0.3, -0.25) is 0 Å². The Kier molecular flexibility index (Phi) is 3.64. The molecule has 0 aliphatic carbocycles. The van der Waals surface area contributed by atoms with Crippen molar-refractivity contribution in [3.8, 4) is 11.3 Å². The molecule has 2 aromatic rings. The average Bonchev–Trinajstić information content (AvgIpc) is 2.76. The molecule has 1 heterocycles. The van der Waals surface area contributed by atoms with E-state index in [0.29, 0.717) is 0 Å². The van der Waals surface area contributed by atoms with E-state index in [2.05, 4.69) is 10.2 Å². The summed E-state index contributed by atoms with van der Waals surface area (Å²) in [4.78, 5) is 13.0. The Morgan fingerprint density at radius 3 is 2.58 bits per heavy atom. The Morgan fingerprint density at radius 2 is 1.95 bits per heavy atom. The Labute approximate surface area is 112 Å². The van der Waals surface area contributed by atoms with Crippen molar-refractivity contribution in [2.45, 2.75) is 32.9 Å². The summed E-state index contributed by atoms with van der Waals surface area (Å²) in [5.74, 6) is -0.345. The number of hydrogen-bond acceptors (Lipinski definition) is 4. The van der Waals surface area contributed by atoms with Gasteiger partial charge in [0.25, 0.3) is 0 Å². The normalized spacial score (nSPS) is 11.3. The highest BCUT2D eigenvalue weighted by atomic mass is 16.6. The molecule has 2 rings (SSSR count). The second-order valence-corrected chi connectivity index (χ2v) is 5.21. The van der Waals surface area contributed by atoms with Crippen molar-refractivity contribution in [1.82, 2.24) is 15.0 Å². The summed E-state index contributed by atoms with van der Waals surface area (Å²) in [6.45, 7) is 5.51. The van der Waals surface area contributed by atoms with E-state index in [0.717, 1.165) is 11.3 Å². The SMILES string of the molecule is CC(C)(C)OC(=O)Cn1ncc(-c2ccccc2)n1. The quantitative estimate of drug-likeness (QED) is 0.793. The van der Waals surface area contributed by atoms with Crippen LogP contribution in [0.5, 0.6) is 0 Å². The van der Waals surface area contributed by atoms with Crippen LogP contribution in [0.25, 0.3) is 11.3 Å². The third kappa shape index (κ3) is 3.91. The number of ether oxygens (including phenoxy) is 1. The van der Waals surface area contributed by atoms with Gasteiger partial charge in [-0.2, -0.15) is 15.0 Å². The van der Waals surface area contributed by atoms with Crippen LogP contribution < -0.4 is 0 Å². The highest BCUT2D eigenvalue weighted by molar-refractivity contribution is 5.69. The monoisotopic (exact) mass is 259 g/mol. The Morgan fingerprint density at radius 1 is 1.26 bits per heavy atom. The lowest BCUT2D eigenvalue weighted by Crippen LogP contribution is -2.27. The molecule has 5 nitrogen and oxygen atoms in total. The smallest absolute Gasteiger partial charge is 0.330 e. The molecule has 5 heteroatoms. The van der Waals surface area contributed by atoms with Crippen molar-refractivity contribution in [2.75, 3.05) is 0 Å². The lowest BCUT2D eigenvalue weighted by atomic mass is 10.2. The molecule has 0 unspecified atom stereocenters. The van der Waals surface area contributed by atoms with E-state index in [-0.39, 0.29) is 12.5 Å². The fraction of sp³-hybridized carbons (Fsp3) is 0.357. The van der Waals surface area contributed by atoms with E-state index in [1.807, 2.05) is 51.1 Å². The highest BCUT2D eigenvalue weighted by Crippen LogP contribution is 2.14. The number of hydrogen-bond donors (Lipinski definition) is 0. The van der Waals surface area contributed by atoms with E-state index in [4.69, 9.17) is 4.74 Å². The molecule has 0 fully saturated rings. The topological polar surface area (TPSA) is 57.0 Å². The van der Waals surface area contributed by atoms with Gasteiger partial charge >= 0.3 is 5.97 Å². The lowest BCUT2D eigenvalue weighted by Gasteiger charge is -2.18. The number of carbonyl (C=O) groups is 1. The van der Waals surface area contributed by atoms with Gasteiger partial charge in [-0.1, -0.05) is 30.3 Å². The fourth-order valence-corrected chi connectivity index (χ4v) is 1.60. The van der Waals surface area contributed by atoms with Gasteiger partial charge in [0.05, 0.1) is 6.20 Å². The average molecular weight is 259 g/mol. The molecule has 0 bridgehead atoms. The van der Waals surface area contributed by atoms with E-state index >= 15 is 0 Å². The van der Waals surface area contributed by atoms with Gasteiger partial charge in [0.15, 0.2) is 6.54 Å². The molecule has 0 aliphatic heterocycles. The van der Waals surface area contributed by atoms with Crippen molar-refractivity contribution in [3.63, 3.8) is 0 Å². The zero-order chi connectivity index (χ0) is 13.9. The highest BCUT2D eigenvalue weighted by Gasteiger charge is 2.17. The molecule has 0 atom stereocenters. The molecule has 0 radical (unpaired) electrons. The molecule has 0 saturated heterocycles. The number of benzene rings is 1. The Balaban J connectivity index is 2.04. The van der Waals surface area contributed by atoms with Crippen LogP contribution in [0, 0.1) is 0 Å². The Bertz CT molecular complexity index is 556. The van der Waals surface area contributed by atoms with Crippen LogP contribution in [-0.2, 0) is 16.1 Å². The maximum atomic E-state index is 11.7. The van der Waals surface area contributed by atoms with Gasteiger partial charge in [-0.25, -0.2) is 4.79 Å². The van der Waals surface area contributed by atoms with Crippen LogP contribution in [0.15, 0.2) is 36.5 Å². The minimum atomic E-state index is -0.494. The van der Waals surface area contributed by atoms with Crippen molar-refractivity contribution in [1.29, 1.82) is 0 Å². The van der Waals surface area contributed by atoms with E-state index in [1.165, 1.54) is 4.80 Å². The summed E-state index contributed by atoms with van der Waals surface area (Å²) in [6.07, 6.45) is 1.64. The minimum Gasteiger partial charge on any atom is -0.459 e. The summed E-state index contributed by atoms with van der Waals surface area (Å²) in [6, 6.07) is 9.70. The van der Waals surface area contributed by atoms with Gasteiger partial charge in [0, 0.05) is 5.56 Å². The molecule has 1 aromatic carbocycles. The standard InChI is InChI=1S/C14H17N3O2/c1-14(2,3)19-13(18)10-17-15-9-12(16-17)11-7-5-4-6-8-11/h4-9H,10H2,1-3H3. The zero-order valence-electron chi connectivity index (χ0n) is 11.3. The van der Waals surface area contributed by atoms with Gasteiger partial charge in [-0.15, -0.1) is 0 Å². The molecule has 0 spiro atoms. The molecule has 0 saturated carbocycles. The number of rotatable bonds is 3. The van der Waals surface area contributed by atoms with Crippen LogP contribution in [0.4, 0.5) is 0 Å². The van der Waals surface area contributed by atoms with Crippen molar-refractivity contribution in [2.24, 2.45) is 0 Å². The first-order valence-electron chi connectivity index (χ1n) is 6.11. The largest absolute Gasteiger partial charge is 0.459 e.